The number of halogens is 1. The van der Waals surface area contributed by atoms with E-state index in [2.05, 4.69) is 0 Å². The lowest BCUT2D eigenvalue weighted by atomic mass is 10.2. The first-order valence-corrected chi connectivity index (χ1v) is 4.38. The standard InChI is InChI=1S/C11H7FN2O/c12-9-3-1-2-8-10(15)4-6-14(7-5-13)11(8)9/h1-4,6H,7H2. The fraction of sp³-hybridized carbons (Fsp3) is 0.0909. The molecule has 2 aromatic rings. The molecule has 0 saturated heterocycles. The van der Waals surface area contributed by atoms with E-state index in [1.807, 2.05) is 6.07 Å². The summed E-state index contributed by atoms with van der Waals surface area (Å²) < 4.78 is 14.9. The van der Waals surface area contributed by atoms with Crippen molar-refractivity contribution in [1.82, 2.24) is 4.57 Å². The molecule has 3 nitrogen and oxygen atoms in total. The van der Waals surface area contributed by atoms with Crippen LogP contribution in [-0.4, -0.2) is 4.57 Å². The molecule has 0 unspecified atom stereocenters. The molecular weight excluding hydrogens is 195 g/mol. The van der Waals surface area contributed by atoms with Crippen LogP contribution >= 0.6 is 0 Å². The van der Waals surface area contributed by atoms with Gasteiger partial charge in [0.1, 0.15) is 12.4 Å². The van der Waals surface area contributed by atoms with Crippen LogP contribution in [0, 0.1) is 17.1 Å². The molecule has 15 heavy (non-hydrogen) atoms. The molecule has 0 aliphatic carbocycles. The summed E-state index contributed by atoms with van der Waals surface area (Å²) in [5.74, 6) is -0.486. The number of aromatic nitrogens is 1. The molecule has 0 aliphatic heterocycles. The van der Waals surface area contributed by atoms with Gasteiger partial charge in [0.2, 0.25) is 0 Å². The predicted octanol–water partition coefficient (Wildman–Crippen LogP) is 1.66. The summed E-state index contributed by atoms with van der Waals surface area (Å²) in [5, 5.41) is 8.87. The van der Waals surface area contributed by atoms with Gasteiger partial charge in [0.25, 0.3) is 0 Å². The van der Waals surface area contributed by atoms with Crippen LogP contribution in [-0.2, 0) is 6.54 Å². The van der Waals surface area contributed by atoms with Gasteiger partial charge in [-0.05, 0) is 12.1 Å². The molecule has 0 N–H and O–H groups in total. The van der Waals surface area contributed by atoms with Crippen LogP contribution in [0.1, 0.15) is 0 Å². The van der Waals surface area contributed by atoms with Gasteiger partial charge in [-0.1, -0.05) is 6.07 Å². The number of benzene rings is 1. The summed E-state index contributed by atoms with van der Waals surface area (Å²) in [7, 11) is 0. The third-order valence-corrected chi connectivity index (χ3v) is 2.19. The molecule has 1 heterocycles. The molecule has 2 rings (SSSR count). The van der Waals surface area contributed by atoms with Gasteiger partial charge in [-0.25, -0.2) is 4.39 Å². The number of hydrogen-bond acceptors (Lipinski definition) is 2. The number of nitriles is 1. The highest BCUT2D eigenvalue weighted by atomic mass is 19.1. The van der Waals surface area contributed by atoms with E-state index in [0.29, 0.717) is 5.39 Å². The van der Waals surface area contributed by atoms with Crippen LogP contribution in [0.25, 0.3) is 10.9 Å². The second-order valence-corrected chi connectivity index (χ2v) is 3.10. The van der Waals surface area contributed by atoms with E-state index in [1.54, 1.807) is 6.07 Å². The molecule has 0 radical (unpaired) electrons. The van der Waals surface area contributed by atoms with Crippen LogP contribution in [0.5, 0.6) is 0 Å². The van der Waals surface area contributed by atoms with Crippen molar-refractivity contribution in [3.63, 3.8) is 0 Å². The molecule has 0 aliphatic rings. The molecule has 0 fully saturated rings. The smallest absolute Gasteiger partial charge is 0.189 e. The zero-order valence-electron chi connectivity index (χ0n) is 7.77. The minimum Gasteiger partial charge on any atom is -0.331 e. The second-order valence-electron chi connectivity index (χ2n) is 3.10. The molecule has 0 bridgehead atoms. The normalized spacial score (nSPS) is 10.1. The van der Waals surface area contributed by atoms with E-state index in [9.17, 15) is 9.18 Å². The molecule has 1 aromatic heterocycles. The first-order chi connectivity index (χ1) is 7.24. The van der Waals surface area contributed by atoms with Gasteiger partial charge < -0.3 is 4.57 Å². The Morgan fingerprint density at radius 2 is 2.20 bits per heavy atom. The minimum atomic E-state index is -0.486. The van der Waals surface area contributed by atoms with Crippen LogP contribution in [0.3, 0.4) is 0 Å². The Balaban J connectivity index is 2.91. The number of pyridine rings is 1. The van der Waals surface area contributed by atoms with Gasteiger partial charge in [0.05, 0.1) is 11.6 Å². The summed E-state index contributed by atoms with van der Waals surface area (Å²) in [6.45, 7) is 0.0255. The average Bonchev–Trinajstić information content (AvgIpc) is 2.23. The Morgan fingerprint density at radius 3 is 2.93 bits per heavy atom. The highest BCUT2D eigenvalue weighted by Gasteiger charge is 2.06. The van der Waals surface area contributed by atoms with Crippen molar-refractivity contribution in [2.24, 2.45) is 0 Å². The van der Waals surface area contributed by atoms with E-state index in [-0.39, 0.29) is 17.5 Å². The highest BCUT2D eigenvalue weighted by molar-refractivity contribution is 5.79. The van der Waals surface area contributed by atoms with Crippen molar-refractivity contribution in [1.29, 1.82) is 5.26 Å². The van der Waals surface area contributed by atoms with Gasteiger partial charge in [0, 0.05) is 17.6 Å². The molecule has 0 atom stereocenters. The van der Waals surface area contributed by atoms with E-state index < -0.39 is 5.82 Å². The number of para-hydroxylation sites is 1. The molecule has 74 valence electrons. The Labute approximate surface area is 85.0 Å². The van der Waals surface area contributed by atoms with Crippen molar-refractivity contribution in [2.75, 3.05) is 0 Å². The van der Waals surface area contributed by atoms with Crippen LogP contribution in [0.2, 0.25) is 0 Å². The van der Waals surface area contributed by atoms with E-state index in [1.165, 1.54) is 29.0 Å². The lowest BCUT2D eigenvalue weighted by Gasteiger charge is -2.06. The van der Waals surface area contributed by atoms with Crippen LogP contribution < -0.4 is 5.43 Å². The zero-order chi connectivity index (χ0) is 10.8. The van der Waals surface area contributed by atoms with E-state index >= 15 is 0 Å². The highest BCUT2D eigenvalue weighted by Crippen LogP contribution is 2.13. The van der Waals surface area contributed by atoms with Crippen molar-refractivity contribution >= 4 is 10.9 Å². The molecule has 0 spiro atoms. The summed E-state index contributed by atoms with van der Waals surface area (Å²) in [5.41, 5.74) is -0.0507. The summed E-state index contributed by atoms with van der Waals surface area (Å²) >= 11 is 0. The van der Waals surface area contributed by atoms with Gasteiger partial charge in [-0.15, -0.1) is 0 Å². The van der Waals surface area contributed by atoms with Crippen molar-refractivity contribution in [3.05, 3.63) is 46.5 Å². The van der Waals surface area contributed by atoms with Crippen LogP contribution in [0.15, 0.2) is 35.3 Å². The molecule has 0 saturated carbocycles. The van der Waals surface area contributed by atoms with Crippen LogP contribution in [0.4, 0.5) is 4.39 Å². The lowest BCUT2D eigenvalue weighted by molar-refractivity contribution is 0.628. The maximum atomic E-state index is 13.5. The first kappa shape index (κ1) is 9.41. The maximum Gasteiger partial charge on any atom is 0.189 e. The van der Waals surface area contributed by atoms with Crippen molar-refractivity contribution in [3.8, 4) is 6.07 Å². The molecular formula is C11H7FN2O. The van der Waals surface area contributed by atoms with Crippen molar-refractivity contribution < 1.29 is 4.39 Å². The van der Waals surface area contributed by atoms with Gasteiger partial charge in [-0.2, -0.15) is 5.26 Å². The topological polar surface area (TPSA) is 45.8 Å². The first-order valence-electron chi connectivity index (χ1n) is 4.38. The SMILES string of the molecule is N#CCn1ccc(=O)c2cccc(F)c21. The lowest BCUT2D eigenvalue weighted by Crippen LogP contribution is -2.08. The summed E-state index contributed by atoms with van der Waals surface area (Å²) in [6.07, 6.45) is 1.43. The predicted molar refractivity (Wildman–Crippen MR) is 53.8 cm³/mol. The Bertz CT molecular complexity index is 610. The quantitative estimate of drug-likeness (QED) is 0.706. The Morgan fingerprint density at radius 1 is 1.40 bits per heavy atom. The summed E-state index contributed by atoms with van der Waals surface area (Å²) in [6, 6.07) is 7.56. The molecule has 1 aromatic carbocycles. The Hall–Kier alpha value is -2.15. The monoisotopic (exact) mass is 202 g/mol. The number of rotatable bonds is 1. The van der Waals surface area contributed by atoms with E-state index in [4.69, 9.17) is 5.26 Å². The number of hydrogen-bond donors (Lipinski definition) is 0. The fourth-order valence-electron chi connectivity index (χ4n) is 1.54. The average molecular weight is 202 g/mol. The Kier molecular flexibility index (Phi) is 2.22. The third-order valence-electron chi connectivity index (χ3n) is 2.19. The van der Waals surface area contributed by atoms with Gasteiger partial charge in [-0.3, -0.25) is 4.79 Å². The fourth-order valence-corrected chi connectivity index (χ4v) is 1.54. The van der Waals surface area contributed by atoms with E-state index in [0.717, 1.165) is 0 Å². The number of nitrogens with zero attached hydrogens (tertiary/aromatic N) is 2. The van der Waals surface area contributed by atoms with Crippen molar-refractivity contribution in [2.45, 2.75) is 6.54 Å². The molecule has 4 heteroatoms. The largest absolute Gasteiger partial charge is 0.331 e. The van der Waals surface area contributed by atoms with Gasteiger partial charge >= 0.3 is 0 Å². The third kappa shape index (κ3) is 1.48. The number of fused-ring (bicyclic) bond motifs is 1. The minimum absolute atomic E-state index is 0.0255. The zero-order valence-corrected chi connectivity index (χ0v) is 7.77. The maximum absolute atomic E-state index is 13.5. The summed E-state index contributed by atoms with van der Waals surface area (Å²) in [4.78, 5) is 11.4. The second kappa shape index (κ2) is 3.54. The van der Waals surface area contributed by atoms with Gasteiger partial charge in [0.15, 0.2) is 5.43 Å². The molecule has 0 amide bonds.